The van der Waals surface area contributed by atoms with Gasteiger partial charge in [0.25, 0.3) is 0 Å². The van der Waals surface area contributed by atoms with Gasteiger partial charge in [0.05, 0.1) is 0 Å². The topological polar surface area (TPSA) is 66.6 Å². The predicted molar refractivity (Wildman–Crippen MR) is 74.9 cm³/mol. The molecule has 2 rings (SSSR count). The minimum Gasteiger partial charge on any atom is -0.480 e. The molecule has 1 unspecified atom stereocenters. The second-order valence-electron chi connectivity index (χ2n) is 5.31. The van der Waals surface area contributed by atoms with Crippen LogP contribution in [-0.2, 0) is 17.8 Å². The van der Waals surface area contributed by atoms with E-state index in [0.717, 1.165) is 12.1 Å². The Morgan fingerprint density at radius 2 is 1.95 bits per heavy atom. The number of nitrogens with zero attached hydrogens (tertiary/aromatic N) is 1. The molecule has 1 atom stereocenters. The number of carboxylic acid groups (broad SMARTS) is 1. The molecule has 0 radical (unpaired) electrons. The first kappa shape index (κ1) is 14.0. The Hall–Kier alpha value is -1.39. The van der Waals surface area contributed by atoms with Gasteiger partial charge in [0, 0.05) is 6.54 Å². The van der Waals surface area contributed by atoms with Crippen LogP contribution < -0.4 is 5.73 Å². The lowest BCUT2D eigenvalue weighted by molar-refractivity contribution is -0.138. The third kappa shape index (κ3) is 4.33. The fourth-order valence-electron chi connectivity index (χ4n) is 2.57. The average molecular weight is 262 g/mol. The summed E-state index contributed by atoms with van der Waals surface area (Å²) in [4.78, 5) is 13.2. The molecule has 0 saturated carbocycles. The largest absolute Gasteiger partial charge is 0.480 e. The lowest BCUT2D eigenvalue weighted by atomic mass is 10.0. The molecule has 1 heterocycles. The fourth-order valence-corrected chi connectivity index (χ4v) is 2.57. The van der Waals surface area contributed by atoms with Gasteiger partial charge in [-0.3, -0.25) is 9.69 Å². The van der Waals surface area contributed by atoms with Gasteiger partial charge in [0.2, 0.25) is 0 Å². The Bertz CT molecular complexity index is 428. The summed E-state index contributed by atoms with van der Waals surface area (Å²) in [7, 11) is 0. The third-order valence-electron chi connectivity index (χ3n) is 3.62. The van der Waals surface area contributed by atoms with E-state index in [-0.39, 0.29) is 0 Å². The molecule has 104 valence electrons. The van der Waals surface area contributed by atoms with Crippen LogP contribution in [0.25, 0.3) is 0 Å². The Morgan fingerprint density at radius 3 is 2.63 bits per heavy atom. The highest BCUT2D eigenvalue weighted by Crippen LogP contribution is 2.14. The molecule has 1 aromatic carbocycles. The van der Waals surface area contributed by atoms with E-state index in [9.17, 15) is 4.79 Å². The molecule has 1 saturated heterocycles. The molecule has 1 aliphatic heterocycles. The van der Waals surface area contributed by atoms with Crippen LogP contribution in [0.2, 0.25) is 0 Å². The number of benzene rings is 1. The standard InChI is InChI=1S/C15H22N2O2/c16-14(15(18)19)10-12-5-4-6-13(9-12)11-17-7-2-1-3-8-17/h4-6,9,14H,1-3,7-8,10-11,16H2,(H,18,19). The Labute approximate surface area is 114 Å². The van der Waals surface area contributed by atoms with Crippen LogP contribution in [0.5, 0.6) is 0 Å². The number of aliphatic carboxylic acids is 1. The number of likely N-dealkylation sites (tertiary alicyclic amines) is 1. The number of nitrogens with two attached hydrogens (primary N) is 1. The van der Waals surface area contributed by atoms with Gasteiger partial charge in [-0.1, -0.05) is 30.7 Å². The first-order chi connectivity index (χ1) is 9.15. The van der Waals surface area contributed by atoms with Crippen molar-refractivity contribution in [3.63, 3.8) is 0 Å². The molecule has 3 N–H and O–H groups in total. The summed E-state index contributed by atoms with van der Waals surface area (Å²) in [6.45, 7) is 3.29. The number of carboxylic acids is 1. The highest BCUT2D eigenvalue weighted by molar-refractivity contribution is 5.73. The zero-order chi connectivity index (χ0) is 13.7. The van der Waals surface area contributed by atoms with E-state index >= 15 is 0 Å². The van der Waals surface area contributed by atoms with Crippen molar-refractivity contribution < 1.29 is 9.90 Å². The van der Waals surface area contributed by atoms with Crippen molar-refractivity contribution >= 4 is 5.97 Å². The van der Waals surface area contributed by atoms with Crippen molar-refractivity contribution in [3.8, 4) is 0 Å². The lowest BCUT2D eigenvalue weighted by Crippen LogP contribution is -2.32. The quantitative estimate of drug-likeness (QED) is 0.846. The second kappa shape index (κ2) is 6.68. The van der Waals surface area contributed by atoms with Crippen molar-refractivity contribution in [1.29, 1.82) is 0 Å². The molecule has 0 spiro atoms. The normalized spacial score (nSPS) is 18.2. The van der Waals surface area contributed by atoms with Crippen LogP contribution in [-0.4, -0.2) is 35.1 Å². The molecule has 0 bridgehead atoms. The smallest absolute Gasteiger partial charge is 0.320 e. The van der Waals surface area contributed by atoms with Gasteiger partial charge in [-0.05, 0) is 43.5 Å². The van der Waals surface area contributed by atoms with E-state index in [1.807, 2.05) is 12.1 Å². The molecular formula is C15H22N2O2. The highest BCUT2D eigenvalue weighted by atomic mass is 16.4. The van der Waals surface area contributed by atoms with Gasteiger partial charge in [-0.2, -0.15) is 0 Å². The maximum absolute atomic E-state index is 10.8. The summed E-state index contributed by atoms with van der Waals surface area (Å²) in [6, 6.07) is 7.30. The van der Waals surface area contributed by atoms with E-state index in [1.54, 1.807) is 0 Å². The second-order valence-corrected chi connectivity index (χ2v) is 5.31. The van der Waals surface area contributed by atoms with E-state index in [0.29, 0.717) is 6.42 Å². The Balaban J connectivity index is 1.96. The Kier molecular flexibility index (Phi) is 4.93. The van der Waals surface area contributed by atoms with Gasteiger partial charge in [-0.15, -0.1) is 0 Å². The van der Waals surface area contributed by atoms with Crippen LogP contribution in [0.1, 0.15) is 30.4 Å². The summed E-state index contributed by atoms with van der Waals surface area (Å²) in [6.07, 6.45) is 4.29. The van der Waals surface area contributed by atoms with Crippen LogP contribution in [0.4, 0.5) is 0 Å². The van der Waals surface area contributed by atoms with Crippen molar-refractivity contribution in [1.82, 2.24) is 4.90 Å². The minimum absolute atomic E-state index is 0.392. The zero-order valence-corrected chi connectivity index (χ0v) is 11.2. The van der Waals surface area contributed by atoms with Gasteiger partial charge in [0.15, 0.2) is 0 Å². The maximum Gasteiger partial charge on any atom is 0.320 e. The first-order valence-corrected chi connectivity index (χ1v) is 6.94. The van der Waals surface area contributed by atoms with Crippen LogP contribution in [0.3, 0.4) is 0 Å². The maximum atomic E-state index is 10.8. The van der Waals surface area contributed by atoms with E-state index in [4.69, 9.17) is 10.8 Å². The molecule has 1 aliphatic rings. The van der Waals surface area contributed by atoms with Crippen molar-refractivity contribution in [3.05, 3.63) is 35.4 Å². The van der Waals surface area contributed by atoms with Crippen molar-refractivity contribution in [2.75, 3.05) is 13.1 Å². The summed E-state index contributed by atoms with van der Waals surface area (Å²) in [5.41, 5.74) is 7.82. The summed E-state index contributed by atoms with van der Waals surface area (Å²) < 4.78 is 0. The molecule has 0 aromatic heterocycles. The third-order valence-corrected chi connectivity index (χ3v) is 3.62. The molecule has 1 fully saturated rings. The number of rotatable bonds is 5. The van der Waals surface area contributed by atoms with Gasteiger partial charge in [-0.25, -0.2) is 0 Å². The molecule has 0 aliphatic carbocycles. The predicted octanol–water partition coefficient (Wildman–Crippen LogP) is 1.63. The lowest BCUT2D eigenvalue weighted by Gasteiger charge is -2.26. The summed E-state index contributed by atoms with van der Waals surface area (Å²) in [5, 5.41) is 8.84. The molecule has 19 heavy (non-hydrogen) atoms. The van der Waals surface area contributed by atoms with Gasteiger partial charge in [0.1, 0.15) is 6.04 Å². The van der Waals surface area contributed by atoms with Crippen LogP contribution in [0, 0.1) is 0 Å². The van der Waals surface area contributed by atoms with Gasteiger partial charge < -0.3 is 10.8 Å². The van der Waals surface area contributed by atoms with Crippen LogP contribution >= 0.6 is 0 Å². The minimum atomic E-state index is -0.943. The van der Waals surface area contributed by atoms with Crippen molar-refractivity contribution in [2.45, 2.75) is 38.3 Å². The first-order valence-electron chi connectivity index (χ1n) is 6.94. The monoisotopic (exact) mass is 262 g/mol. The van der Waals surface area contributed by atoms with E-state index in [1.165, 1.54) is 37.9 Å². The highest BCUT2D eigenvalue weighted by Gasteiger charge is 2.13. The number of hydrogen-bond acceptors (Lipinski definition) is 3. The number of piperidine rings is 1. The molecule has 1 aromatic rings. The summed E-state index contributed by atoms with van der Waals surface area (Å²) in [5.74, 6) is -0.943. The molecule has 0 amide bonds. The number of hydrogen-bond donors (Lipinski definition) is 2. The fraction of sp³-hybridized carbons (Fsp3) is 0.533. The van der Waals surface area contributed by atoms with E-state index in [2.05, 4.69) is 17.0 Å². The van der Waals surface area contributed by atoms with Crippen molar-refractivity contribution in [2.24, 2.45) is 5.73 Å². The number of carbonyl (C=O) groups is 1. The van der Waals surface area contributed by atoms with Gasteiger partial charge >= 0.3 is 5.97 Å². The molecular weight excluding hydrogens is 240 g/mol. The van der Waals surface area contributed by atoms with Crippen LogP contribution in [0.15, 0.2) is 24.3 Å². The molecule has 4 nitrogen and oxygen atoms in total. The molecule has 4 heteroatoms. The zero-order valence-electron chi connectivity index (χ0n) is 11.2. The summed E-state index contributed by atoms with van der Waals surface area (Å²) >= 11 is 0. The Morgan fingerprint density at radius 1 is 1.26 bits per heavy atom. The average Bonchev–Trinajstić information content (AvgIpc) is 2.40. The SMILES string of the molecule is NC(Cc1cccc(CN2CCCCC2)c1)C(=O)O. The van der Waals surface area contributed by atoms with E-state index < -0.39 is 12.0 Å².